The van der Waals surface area contributed by atoms with Gasteiger partial charge in [0.15, 0.2) is 0 Å². The monoisotopic (exact) mass is 292 g/mol. The number of aryl methyl sites for hydroxylation is 1. The first-order valence-corrected chi connectivity index (χ1v) is 7.89. The van der Waals surface area contributed by atoms with Crippen LogP contribution in [0.5, 0.6) is 0 Å². The van der Waals surface area contributed by atoms with Crippen LogP contribution in [0, 0.1) is 5.92 Å². The molecule has 2 atom stereocenters. The van der Waals surface area contributed by atoms with E-state index < -0.39 is 0 Å². The summed E-state index contributed by atoms with van der Waals surface area (Å²) >= 11 is 1.69. The molecule has 1 aliphatic rings. The molecular formula is C14H20N4OS. The van der Waals surface area contributed by atoms with Crippen LogP contribution in [0.1, 0.15) is 25.1 Å². The van der Waals surface area contributed by atoms with Gasteiger partial charge in [-0.1, -0.05) is 6.92 Å². The van der Waals surface area contributed by atoms with Crippen molar-refractivity contribution in [3.8, 4) is 0 Å². The number of nitrogen functional groups attached to an aromatic ring is 1. The van der Waals surface area contributed by atoms with Gasteiger partial charge in [0, 0.05) is 23.4 Å². The summed E-state index contributed by atoms with van der Waals surface area (Å²) in [5.74, 6) is 1.72. The first kappa shape index (κ1) is 13.6. The number of nitrogens with zero attached hydrogens (tertiary/aromatic N) is 2. The minimum absolute atomic E-state index is 0.319. The van der Waals surface area contributed by atoms with Crippen LogP contribution in [-0.2, 0) is 11.2 Å². The molecule has 0 aromatic carbocycles. The molecule has 0 amide bonds. The van der Waals surface area contributed by atoms with Gasteiger partial charge in [-0.05, 0) is 25.8 Å². The summed E-state index contributed by atoms with van der Waals surface area (Å²) in [6.07, 6.45) is 2.11. The highest BCUT2D eigenvalue weighted by Gasteiger charge is 2.23. The summed E-state index contributed by atoms with van der Waals surface area (Å²) in [6, 6.07) is 2.49. The van der Waals surface area contributed by atoms with Gasteiger partial charge in [-0.15, -0.1) is 11.3 Å². The number of anilines is 2. The molecule has 0 aliphatic carbocycles. The molecule has 1 saturated heterocycles. The van der Waals surface area contributed by atoms with E-state index in [1.54, 1.807) is 11.3 Å². The standard InChI is InChI=1S/C14H20N4OS/c1-3-10-6-11-12(17-14(15)18-13(11)20-10)16-8(2)9-4-5-19-7-9/h6,8-9H,3-5,7H2,1-2H3,(H3,15,16,17,18). The normalized spacial score (nSPS) is 20.4. The van der Waals surface area contributed by atoms with Crippen LogP contribution in [0.2, 0.25) is 0 Å². The molecule has 5 nitrogen and oxygen atoms in total. The number of hydrogen-bond donors (Lipinski definition) is 2. The lowest BCUT2D eigenvalue weighted by atomic mass is 10.0. The Kier molecular flexibility index (Phi) is 3.76. The van der Waals surface area contributed by atoms with Gasteiger partial charge in [0.05, 0.1) is 12.0 Å². The maximum absolute atomic E-state index is 5.82. The maximum Gasteiger partial charge on any atom is 0.223 e. The third-order valence-corrected chi connectivity index (χ3v) is 5.02. The number of thiophene rings is 1. The molecule has 2 aromatic rings. The fraction of sp³-hybridized carbons (Fsp3) is 0.571. The highest BCUT2D eigenvalue weighted by atomic mass is 32.1. The lowest BCUT2D eigenvalue weighted by molar-refractivity contribution is 0.183. The Labute approximate surface area is 122 Å². The van der Waals surface area contributed by atoms with Crippen LogP contribution >= 0.6 is 11.3 Å². The van der Waals surface area contributed by atoms with Crippen molar-refractivity contribution < 1.29 is 4.74 Å². The molecule has 3 N–H and O–H groups in total. The van der Waals surface area contributed by atoms with Crippen LogP contribution in [0.3, 0.4) is 0 Å². The largest absolute Gasteiger partial charge is 0.381 e. The van der Waals surface area contributed by atoms with Crippen LogP contribution in [0.25, 0.3) is 10.2 Å². The van der Waals surface area contributed by atoms with Gasteiger partial charge in [-0.2, -0.15) is 4.98 Å². The van der Waals surface area contributed by atoms with Crippen molar-refractivity contribution in [2.75, 3.05) is 24.3 Å². The molecule has 6 heteroatoms. The van der Waals surface area contributed by atoms with Crippen molar-refractivity contribution in [3.63, 3.8) is 0 Å². The van der Waals surface area contributed by atoms with E-state index in [4.69, 9.17) is 10.5 Å². The molecule has 2 unspecified atom stereocenters. The number of aromatic nitrogens is 2. The zero-order chi connectivity index (χ0) is 14.1. The molecule has 0 radical (unpaired) electrons. The zero-order valence-electron chi connectivity index (χ0n) is 11.8. The second-order valence-corrected chi connectivity index (χ2v) is 6.39. The third-order valence-electron chi connectivity index (χ3n) is 3.85. The predicted octanol–water partition coefficient (Wildman–Crippen LogP) is 2.67. The van der Waals surface area contributed by atoms with Crippen molar-refractivity contribution in [2.45, 2.75) is 32.7 Å². The van der Waals surface area contributed by atoms with Crippen molar-refractivity contribution in [1.29, 1.82) is 0 Å². The van der Waals surface area contributed by atoms with E-state index >= 15 is 0 Å². The van der Waals surface area contributed by atoms with Gasteiger partial charge in [0.25, 0.3) is 0 Å². The number of fused-ring (bicyclic) bond motifs is 1. The Morgan fingerprint density at radius 1 is 1.55 bits per heavy atom. The molecule has 0 saturated carbocycles. The zero-order valence-corrected chi connectivity index (χ0v) is 12.7. The minimum Gasteiger partial charge on any atom is -0.381 e. The first-order chi connectivity index (χ1) is 9.67. The molecule has 0 bridgehead atoms. The molecule has 108 valence electrons. The van der Waals surface area contributed by atoms with Crippen LogP contribution in [0.15, 0.2) is 6.07 Å². The van der Waals surface area contributed by atoms with Crippen LogP contribution in [-0.4, -0.2) is 29.2 Å². The van der Waals surface area contributed by atoms with Crippen molar-refractivity contribution in [2.24, 2.45) is 5.92 Å². The molecule has 1 aliphatic heterocycles. The van der Waals surface area contributed by atoms with E-state index in [9.17, 15) is 0 Å². The summed E-state index contributed by atoms with van der Waals surface area (Å²) in [5.41, 5.74) is 5.82. The summed E-state index contributed by atoms with van der Waals surface area (Å²) in [6.45, 7) is 6.00. The van der Waals surface area contributed by atoms with Gasteiger partial charge < -0.3 is 15.8 Å². The Hall–Kier alpha value is -1.40. The smallest absolute Gasteiger partial charge is 0.223 e. The number of rotatable bonds is 4. The number of nitrogens with two attached hydrogens (primary N) is 1. The molecule has 3 heterocycles. The van der Waals surface area contributed by atoms with Crippen molar-refractivity contribution in [1.82, 2.24) is 9.97 Å². The summed E-state index contributed by atoms with van der Waals surface area (Å²) < 4.78 is 5.45. The van der Waals surface area contributed by atoms with Gasteiger partial charge in [0.1, 0.15) is 10.6 Å². The van der Waals surface area contributed by atoms with Gasteiger partial charge in [0.2, 0.25) is 5.95 Å². The fourth-order valence-corrected chi connectivity index (χ4v) is 3.53. The van der Waals surface area contributed by atoms with Crippen LogP contribution in [0.4, 0.5) is 11.8 Å². The fourth-order valence-electron chi connectivity index (χ4n) is 2.55. The van der Waals surface area contributed by atoms with Crippen molar-refractivity contribution >= 4 is 33.3 Å². The quantitative estimate of drug-likeness (QED) is 0.906. The highest BCUT2D eigenvalue weighted by Crippen LogP contribution is 2.31. The van der Waals surface area contributed by atoms with Gasteiger partial charge in [-0.3, -0.25) is 0 Å². The Balaban J connectivity index is 1.91. The second-order valence-electron chi connectivity index (χ2n) is 5.27. The van der Waals surface area contributed by atoms with Gasteiger partial charge >= 0.3 is 0 Å². The highest BCUT2D eigenvalue weighted by molar-refractivity contribution is 7.18. The SMILES string of the molecule is CCc1cc2c(NC(C)C3CCOC3)nc(N)nc2s1. The van der Waals surface area contributed by atoms with E-state index in [2.05, 4.69) is 35.2 Å². The molecule has 20 heavy (non-hydrogen) atoms. The lowest BCUT2D eigenvalue weighted by Crippen LogP contribution is -2.26. The number of ether oxygens (including phenoxy) is 1. The second kappa shape index (κ2) is 5.54. The maximum atomic E-state index is 5.82. The Morgan fingerprint density at radius 3 is 3.10 bits per heavy atom. The lowest BCUT2D eigenvalue weighted by Gasteiger charge is -2.20. The molecule has 2 aromatic heterocycles. The van der Waals surface area contributed by atoms with E-state index in [-0.39, 0.29) is 0 Å². The summed E-state index contributed by atoms with van der Waals surface area (Å²) in [4.78, 5) is 11.0. The summed E-state index contributed by atoms with van der Waals surface area (Å²) in [7, 11) is 0. The van der Waals surface area contributed by atoms with Gasteiger partial charge in [-0.25, -0.2) is 4.98 Å². The number of nitrogens with one attached hydrogen (secondary N) is 1. The topological polar surface area (TPSA) is 73.1 Å². The molecule has 3 rings (SSSR count). The Bertz CT molecular complexity index is 606. The van der Waals surface area contributed by atoms with Crippen LogP contribution < -0.4 is 11.1 Å². The molecule has 0 spiro atoms. The van der Waals surface area contributed by atoms with Crippen molar-refractivity contribution in [3.05, 3.63) is 10.9 Å². The third kappa shape index (κ3) is 2.58. The average molecular weight is 292 g/mol. The van der Waals surface area contributed by atoms with E-state index in [1.807, 2.05) is 0 Å². The molecule has 1 fully saturated rings. The minimum atomic E-state index is 0.319. The first-order valence-electron chi connectivity index (χ1n) is 7.07. The van der Waals surface area contributed by atoms with E-state index in [0.717, 1.165) is 42.1 Å². The van der Waals surface area contributed by atoms with E-state index in [0.29, 0.717) is 17.9 Å². The Morgan fingerprint density at radius 2 is 2.40 bits per heavy atom. The number of hydrogen-bond acceptors (Lipinski definition) is 6. The van der Waals surface area contributed by atoms with E-state index in [1.165, 1.54) is 4.88 Å². The molecular weight excluding hydrogens is 272 g/mol. The summed E-state index contributed by atoms with van der Waals surface area (Å²) in [5, 5.41) is 4.58. The predicted molar refractivity (Wildman–Crippen MR) is 83.2 cm³/mol. The average Bonchev–Trinajstić information content (AvgIpc) is 3.07.